The quantitative estimate of drug-likeness (QED) is 0.296. The first-order chi connectivity index (χ1) is 19.2. The van der Waals surface area contributed by atoms with Crippen LogP contribution in [0.2, 0.25) is 0 Å². The summed E-state index contributed by atoms with van der Waals surface area (Å²) < 4.78 is 18.0. The van der Waals surface area contributed by atoms with Gasteiger partial charge >= 0.3 is 11.7 Å². The number of aliphatic imine (C=N–C) groups is 2. The molecule has 2 aliphatic rings. The van der Waals surface area contributed by atoms with Gasteiger partial charge in [-0.05, 0) is 50.4 Å². The third-order valence-corrected chi connectivity index (χ3v) is 7.39. The van der Waals surface area contributed by atoms with Crippen LogP contribution in [0.1, 0.15) is 25.0 Å². The van der Waals surface area contributed by atoms with Crippen LogP contribution in [0.25, 0.3) is 16.7 Å². The van der Waals surface area contributed by atoms with Crippen LogP contribution in [0.5, 0.6) is 5.75 Å². The molecule has 10 nitrogen and oxygen atoms in total. The normalized spacial score (nSPS) is 19.1. The lowest BCUT2D eigenvalue weighted by atomic mass is 9.90. The fourth-order valence-corrected chi connectivity index (χ4v) is 5.04. The van der Waals surface area contributed by atoms with Gasteiger partial charge in [0.15, 0.2) is 0 Å². The summed E-state index contributed by atoms with van der Waals surface area (Å²) in [5.41, 5.74) is 8.32. The summed E-state index contributed by atoms with van der Waals surface area (Å²) in [6, 6.07) is 14.5. The summed E-state index contributed by atoms with van der Waals surface area (Å²) in [7, 11) is 1.67. The number of benzene rings is 2. The Kier molecular flexibility index (Phi) is 7.34. The summed E-state index contributed by atoms with van der Waals surface area (Å²) in [5, 5.41) is 0.820. The zero-order valence-electron chi connectivity index (χ0n) is 22.9. The molecule has 40 heavy (non-hydrogen) atoms. The molecule has 1 fully saturated rings. The average Bonchev–Trinajstić information content (AvgIpc) is 2.94. The SMILES string of the molecule is C=N/C(=C\C(=N/C)O[C@H]1Cc2cc3ccc(=O)oc3cc2OC1(C)C)c1ccc(N2CCN(C(N)=O)CC2)cc1. The maximum Gasteiger partial charge on any atom is 0.336 e. The van der Waals surface area contributed by atoms with E-state index in [0.717, 1.165) is 35.3 Å². The van der Waals surface area contributed by atoms with E-state index >= 15 is 0 Å². The number of carbonyl (C=O) groups is 1. The second kappa shape index (κ2) is 10.9. The molecule has 2 N–H and O–H groups in total. The van der Waals surface area contributed by atoms with E-state index in [1.807, 2.05) is 44.2 Å². The standard InChI is InChI=1S/C30H33N5O5/c1-30(2)26(16-21-15-20-7-10-28(36)38-24(20)18-25(21)40-30)39-27(33-4)17-23(32-3)19-5-8-22(9-6-19)34-11-13-35(14-12-34)29(31)37/h5-10,15,17-18,26H,3,11-14,16H2,1-2,4H3,(H2,31,37)/b23-17-,33-27+/t26-/m0/s1. The van der Waals surface area contributed by atoms with E-state index in [4.69, 9.17) is 19.6 Å². The number of fused-ring (bicyclic) bond motifs is 2. The van der Waals surface area contributed by atoms with Crippen molar-refractivity contribution in [1.82, 2.24) is 4.90 Å². The van der Waals surface area contributed by atoms with Gasteiger partial charge in [-0.1, -0.05) is 12.1 Å². The molecule has 3 aromatic rings. The number of amides is 2. The fraction of sp³-hybridized carbons (Fsp3) is 0.333. The summed E-state index contributed by atoms with van der Waals surface area (Å²) >= 11 is 0. The topological polar surface area (TPSA) is 123 Å². The molecule has 2 aliphatic heterocycles. The van der Waals surface area contributed by atoms with Gasteiger partial charge in [0.05, 0.1) is 5.70 Å². The first-order valence-electron chi connectivity index (χ1n) is 13.1. The number of hydrogen-bond donors (Lipinski definition) is 1. The van der Waals surface area contributed by atoms with E-state index in [1.165, 1.54) is 6.07 Å². The second-order valence-corrected chi connectivity index (χ2v) is 10.4. The summed E-state index contributed by atoms with van der Waals surface area (Å²) in [6.07, 6.45) is 2.02. The number of urea groups is 1. The highest BCUT2D eigenvalue weighted by Crippen LogP contribution is 2.37. The highest BCUT2D eigenvalue weighted by molar-refractivity contribution is 5.96. The molecule has 5 rings (SSSR count). The smallest absolute Gasteiger partial charge is 0.336 e. The number of carbonyl (C=O) groups excluding carboxylic acids is 1. The van der Waals surface area contributed by atoms with E-state index in [9.17, 15) is 9.59 Å². The third kappa shape index (κ3) is 5.56. The van der Waals surface area contributed by atoms with Gasteiger partial charge < -0.3 is 29.4 Å². The number of hydrogen-bond acceptors (Lipinski definition) is 8. The number of primary amides is 1. The van der Waals surface area contributed by atoms with Crippen molar-refractivity contribution < 1.29 is 18.7 Å². The zero-order chi connectivity index (χ0) is 28.4. The lowest BCUT2D eigenvalue weighted by Gasteiger charge is -2.39. The van der Waals surface area contributed by atoms with Crippen molar-refractivity contribution in [3.8, 4) is 5.75 Å². The maximum atomic E-state index is 11.6. The van der Waals surface area contributed by atoms with Crippen LogP contribution >= 0.6 is 0 Å². The zero-order valence-corrected chi connectivity index (χ0v) is 22.9. The van der Waals surface area contributed by atoms with Crippen molar-refractivity contribution in [3.05, 3.63) is 76.2 Å². The van der Waals surface area contributed by atoms with Gasteiger partial charge in [-0.2, -0.15) is 0 Å². The summed E-state index contributed by atoms with van der Waals surface area (Å²) in [6.45, 7) is 10.3. The molecule has 3 heterocycles. The van der Waals surface area contributed by atoms with Gasteiger partial charge in [0, 0.05) is 74.5 Å². The Morgan fingerprint density at radius 2 is 1.85 bits per heavy atom. The maximum absolute atomic E-state index is 11.6. The number of ether oxygens (including phenoxy) is 2. The molecule has 0 radical (unpaired) electrons. The highest BCUT2D eigenvalue weighted by Gasteiger charge is 2.39. The van der Waals surface area contributed by atoms with E-state index in [1.54, 1.807) is 30.2 Å². The van der Waals surface area contributed by atoms with Crippen LogP contribution < -0.4 is 21.0 Å². The predicted octanol–water partition coefficient (Wildman–Crippen LogP) is 3.86. The Hall–Kier alpha value is -4.60. The molecule has 1 atom stereocenters. The molecule has 1 aromatic heterocycles. The summed E-state index contributed by atoms with van der Waals surface area (Å²) in [5.74, 6) is 1.08. The number of piperazine rings is 1. The Morgan fingerprint density at radius 1 is 1.12 bits per heavy atom. The Bertz CT molecular complexity index is 1550. The number of anilines is 1. The average molecular weight is 544 g/mol. The van der Waals surface area contributed by atoms with Crippen molar-refractivity contribution >= 4 is 41.0 Å². The number of rotatable bonds is 5. The highest BCUT2D eigenvalue weighted by atomic mass is 16.6. The largest absolute Gasteiger partial charge is 0.484 e. The van der Waals surface area contributed by atoms with Gasteiger partial charge in [0.1, 0.15) is 23.0 Å². The van der Waals surface area contributed by atoms with Crippen molar-refractivity contribution in [2.45, 2.75) is 32.0 Å². The molecule has 2 aromatic carbocycles. The first kappa shape index (κ1) is 27.0. The minimum atomic E-state index is -0.679. The van der Waals surface area contributed by atoms with Crippen LogP contribution in [0.15, 0.2) is 73.8 Å². The number of nitrogens with zero attached hydrogens (tertiary/aromatic N) is 4. The third-order valence-electron chi connectivity index (χ3n) is 7.39. The molecule has 0 bridgehead atoms. The van der Waals surface area contributed by atoms with Gasteiger partial charge in [-0.25, -0.2) is 9.59 Å². The molecule has 10 heteroatoms. The second-order valence-electron chi connectivity index (χ2n) is 10.4. The Labute approximate surface area is 232 Å². The lowest BCUT2D eigenvalue weighted by Crippen LogP contribution is -2.50. The predicted molar refractivity (Wildman–Crippen MR) is 156 cm³/mol. The van der Waals surface area contributed by atoms with Crippen molar-refractivity contribution in [1.29, 1.82) is 0 Å². The molecular formula is C30H33N5O5. The minimum absolute atomic E-state index is 0.337. The van der Waals surface area contributed by atoms with E-state index in [-0.39, 0.29) is 12.1 Å². The molecular weight excluding hydrogens is 510 g/mol. The molecule has 0 spiro atoms. The Balaban J connectivity index is 1.32. The first-order valence-corrected chi connectivity index (χ1v) is 13.1. The number of nitrogens with two attached hydrogens (primary N) is 1. The van der Waals surface area contributed by atoms with Gasteiger partial charge in [0.2, 0.25) is 5.90 Å². The molecule has 0 saturated carbocycles. The van der Waals surface area contributed by atoms with Crippen LogP contribution in [0, 0.1) is 0 Å². The van der Waals surface area contributed by atoms with Crippen LogP contribution in [-0.4, -0.2) is 68.5 Å². The molecule has 208 valence electrons. The van der Waals surface area contributed by atoms with Crippen LogP contribution in [0.4, 0.5) is 10.5 Å². The molecule has 1 saturated heterocycles. The van der Waals surface area contributed by atoms with Gasteiger partial charge in [-0.15, -0.1) is 0 Å². The fourth-order valence-electron chi connectivity index (χ4n) is 5.04. The monoisotopic (exact) mass is 543 g/mol. The Morgan fingerprint density at radius 3 is 2.50 bits per heavy atom. The minimum Gasteiger partial charge on any atom is -0.484 e. The van der Waals surface area contributed by atoms with E-state index in [2.05, 4.69) is 21.6 Å². The van der Waals surface area contributed by atoms with Crippen molar-refractivity contribution in [2.75, 3.05) is 38.1 Å². The van der Waals surface area contributed by atoms with Gasteiger partial charge in [-0.3, -0.25) is 9.98 Å². The molecule has 0 unspecified atom stereocenters. The van der Waals surface area contributed by atoms with Gasteiger partial charge in [0.25, 0.3) is 0 Å². The summed E-state index contributed by atoms with van der Waals surface area (Å²) in [4.78, 5) is 35.5. The van der Waals surface area contributed by atoms with Crippen molar-refractivity contribution in [2.24, 2.45) is 15.7 Å². The van der Waals surface area contributed by atoms with Crippen LogP contribution in [-0.2, 0) is 11.2 Å². The molecule has 2 amide bonds. The van der Waals surface area contributed by atoms with E-state index in [0.29, 0.717) is 42.4 Å². The van der Waals surface area contributed by atoms with E-state index < -0.39 is 11.2 Å². The van der Waals surface area contributed by atoms with Crippen molar-refractivity contribution in [3.63, 3.8) is 0 Å². The van der Waals surface area contributed by atoms with Crippen LogP contribution in [0.3, 0.4) is 0 Å². The lowest BCUT2D eigenvalue weighted by molar-refractivity contribution is -0.0325. The molecule has 0 aliphatic carbocycles.